The molecule has 0 unspecified atom stereocenters. The number of carbonyl (C=O) groups excluding carboxylic acids is 1. The van der Waals surface area contributed by atoms with Gasteiger partial charge in [0.25, 0.3) is 0 Å². The van der Waals surface area contributed by atoms with Gasteiger partial charge in [-0.25, -0.2) is 0 Å². The van der Waals surface area contributed by atoms with E-state index in [0.717, 1.165) is 0 Å². The molecule has 0 N–H and O–H groups in total. The summed E-state index contributed by atoms with van der Waals surface area (Å²) in [4.78, 5) is 11.4. The van der Waals surface area contributed by atoms with E-state index in [2.05, 4.69) is 15.9 Å². The summed E-state index contributed by atoms with van der Waals surface area (Å²) in [5.74, 6) is 0.123. The lowest BCUT2D eigenvalue weighted by atomic mass is 10.1. The Bertz CT molecular complexity index is 430. The van der Waals surface area contributed by atoms with Gasteiger partial charge in [-0.2, -0.15) is 13.2 Å². The summed E-state index contributed by atoms with van der Waals surface area (Å²) in [5.41, 5.74) is 0.626. The Kier molecular flexibility index (Phi) is 5.19. The maximum atomic E-state index is 12.0. The lowest BCUT2D eigenvalue weighted by Crippen LogP contribution is -2.12. The molecule has 0 fully saturated rings. The zero-order chi connectivity index (χ0) is 13.8. The van der Waals surface area contributed by atoms with Crippen LogP contribution in [0, 0.1) is 0 Å². The lowest BCUT2D eigenvalue weighted by molar-refractivity contribution is -0.143. The first kappa shape index (κ1) is 15.0. The van der Waals surface area contributed by atoms with E-state index >= 15 is 0 Å². The van der Waals surface area contributed by atoms with E-state index in [-0.39, 0.29) is 6.42 Å². The molecule has 0 amide bonds. The molecule has 0 aliphatic carbocycles. The third-order valence-electron chi connectivity index (χ3n) is 2.33. The molecule has 0 saturated heterocycles. The minimum absolute atomic E-state index is 0.0339. The fraction of sp³-hybridized carbons (Fsp3) is 0.417. The maximum Gasteiger partial charge on any atom is 0.389 e. The highest BCUT2D eigenvalue weighted by molar-refractivity contribution is 9.10. The molecule has 0 heterocycles. The predicted molar refractivity (Wildman–Crippen MR) is 64.7 cm³/mol. The number of rotatable bonds is 5. The molecule has 100 valence electrons. The van der Waals surface area contributed by atoms with Gasteiger partial charge in [-0.05, 0) is 23.8 Å². The first-order chi connectivity index (χ1) is 8.31. The highest BCUT2D eigenvalue weighted by Gasteiger charge is 2.27. The number of Topliss-reactive ketones (excluding diaryl/α,β-unsaturated/α-hetero) is 1. The van der Waals surface area contributed by atoms with Crippen molar-refractivity contribution in [3.8, 4) is 5.75 Å². The van der Waals surface area contributed by atoms with Crippen molar-refractivity contribution in [2.45, 2.75) is 25.4 Å². The normalized spacial score (nSPS) is 11.4. The summed E-state index contributed by atoms with van der Waals surface area (Å²) in [5, 5.41) is 0. The molecule has 1 rings (SSSR count). The van der Waals surface area contributed by atoms with Crippen molar-refractivity contribution < 1.29 is 22.7 Å². The van der Waals surface area contributed by atoms with Crippen LogP contribution in [0.4, 0.5) is 13.2 Å². The number of alkyl halides is 3. The summed E-state index contributed by atoms with van der Waals surface area (Å²) < 4.78 is 41.6. The number of hydrogen-bond donors (Lipinski definition) is 0. The molecule has 1 aromatic rings. The predicted octanol–water partition coefficient (Wildman–Crippen LogP) is 3.91. The van der Waals surface area contributed by atoms with E-state index in [1.54, 1.807) is 18.2 Å². The van der Waals surface area contributed by atoms with Crippen LogP contribution in [-0.4, -0.2) is 19.1 Å². The van der Waals surface area contributed by atoms with Gasteiger partial charge in [0.1, 0.15) is 11.5 Å². The monoisotopic (exact) mass is 324 g/mol. The zero-order valence-corrected chi connectivity index (χ0v) is 11.3. The zero-order valence-electron chi connectivity index (χ0n) is 9.68. The molecule has 18 heavy (non-hydrogen) atoms. The molecule has 0 aliphatic rings. The number of benzene rings is 1. The average Bonchev–Trinajstić information content (AvgIpc) is 2.28. The van der Waals surface area contributed by atoms with E-state index in [1.165, 1.54) is 7.11 Å². The minimum atomic E-state index is -4.29. The second kappa shape index (κ2) is 6.22. The fourth-order valence-corrected chi connectivity index (χ4v) is 1.78. The Morgan fingerprint density at radius 2 is 2.06 bits per heavy atom. The van der Waals surface area contributed by atoms with Crippen LogP contribution in [0.2, 0.25) is 0 Å². The van der Waals surface area contributed by atoms with Gasteiger partial charge in [0, 0.05) is 17.3 Å². The first-order valence-corrected chi connectivity index (χ1v) is 6.02. The van der Waals surface area contributed by atoms with Crippen molar-refractivity contribution in [3.05, 3.63) is 28.2 Å². The smallest absolute Gasteiger partial charge is 0.389 e. The quantitative estimate of drug-likeness (QED) is 0.820. The van der Waals surface area contributed by atoms with Crippen molar-refractivity contribution in [1.82, 2.24) is 0 Å². The lowest BCUT2D eigenvalue weighted by Gasteiger charge is -2.08. The van der Waals surface area contributed by atoms with Crippen molar-refractivity contribution in [2.75, 3.05) is 7.11 Å². The molecular formula is C12H12BrF3O2. The molecule has 0 bridgehead atoms. The molecular weight excluding hydrogens is 313 g/mol. The van der Waals surface area contributed by atoms with E-state index in [4.69, 9.17) is 4.74 Å². The SMILES string of the molecule is COc1ccc(Br)c(CC(=O)CCC(F)(F)F)c1. The number of hydrogen-bond acceptors (Lipinski definition) is 2. The van der Waals surface area contributed by atoms with Crippen molar-refractivity contribution in [3.63, 3.8) is 0 Å². The van der Waals surface area contributed by atoms with Gasteiger partial charge in [0.2, 0.25) is 0 Å². The highest BCUT2D eigenvalue weighted by atomic mass is 79.9. The second-order valence-corrected chi connectivity index (χ2v) is 4.64. The van der Waals surface area contributed by atoms with Gasteiger partial charge in [0.15, 0.2) is 0 Å². The van der Waals surface area contributed by atoms with Crippen LogP contribution in [0.1, 0.15) is 18.4 Å². The Morgan fingerprint density at radius 3 is 2.61 bits per heavy atom. The van der Waals surface area contributed by atoms with Gasteiger partial charge >= 0.3 is 6.18 Å². The fourth-order valence-electron chi connectivity index (χ4n) is 1.40. The van der Waals surface area contributed by atoms with Crippen LogP contribution < -0.4 is 4.74 Å². The number of halogens is 4. The second-order valence-electron chi connectivity index (χ2n) is 3.79. The van der Waals surface area contributed by atoms with E-state index < -0.39 is 24.8 Å². The highest BCUT2D eigenvalue weighted by Crippen LogP contribution is 2.25. The largest absolute Gasteiger partial charge is 0.497 e. The summed E-state index contributed by atoms with van der Waals surface area (Å²) in [6, 6.07) is 5.04. The van der Waals surface area contributed by atoms with Crippen LogP contribution in [0.15, 0.2) is 22.7 Å². The van der Waals surface area contributed by atoms with Crippen LogP contribution in [-0.2, 0) is 11.2 Å². The standard InChI is InChI=1S/C12H12BrF3O2/c1-18-10-2-3-11(13)8(7-10)6-9(17)4-5-12(14,15)16/h2-3,7H,4-6H2,1H3. The van der Waals surface area contributed by atoms with Crippen molar-refractivity contribution in [1.29, 1.82) is 0 Å². The van der Waals surface area contributed by atoms with E-state index in [9.17, 15) is 18.0 Å². The first-order valence-electron chi connectivity index (χ1n) is 5.22. The summed E-state index contributed by atoms with van der Waals surface area (Å²) in [7, 11) is 1.48. The van der Waals surface area contributed by atoms with Gasteiger partial charge in [-0.15, -0.1) is 0 Å². The summed E-state index contributed by atoms with van der Waals surface area (Å²) >= 11 is 3.25. The van der Waals surface area contributed by atoms with Gasteiger partial charge < -0.3 is 4.74 Å². The van der Waals surface area contributed by atoms with Gasteiger partial charge in [0.05, 0.1) is 13.5 Å². The van der Waals surface area contributed by atoms with Crippen molar-refractivity contribution in [2.24, 2.45) is 0 Å². The molecule has 0 saturated carbocycles. The Labute approximate surface area is 111 Å². The molecule has 0 atom stereocenters. The van der Waals surface area contributed by atoms with Gasteiger partial charge in [-0.3, -0.25) is 4.79 Å². The molecule has 2 nitrogen and oxygen atoms in total. The number of methoxy groups -OCH3 is 1. The third kappa shape index (κ3) is 5.08. The number of ether oxygens (including phenoxy) is 1. The summed E-state index contributed by atoms with van der Waals surface area (Å²) in [6.07, 6.45) is -5.89. The molecule has 0 spiro atoms. The molecule has 0 aliphatic heterocycles. The third-order valence-corrected chi connectivity index (χ3v) is 3.10. The van der Waals surface area contributed by atoms with Crippen LogP contribution >= 0.6 is 15.9 Å². The summed E-state index contributed by atoms with van der Waals surface area (Å²) in [6.45, 7) is 0. The molecule has 0 aromatic heterocycles. The van der Waals surface area contributed by atoms with Crippen LogP contribution in [0.25, 0.3) is 0 Å². The Hall–Kier alpha value is -1.04. The number of carbonyl (C=O) groups is 1. The maximum absolute atomic E-state index is 12.0. The molecule has 6 heteroatoms. The Balaban J connectivity index is 2.64. The van der Waals surface area contributed by atoms with E-state index in [1.807, 2.05) is 0 Å². The minimum Gasteiger partial charge on any atom is -0.497 e. The van der Waals surface area contributed by atoms with Crippen LogP contribution in [0.3, 0.4) is 0 Å². The molecule has 0 radical (unpaired) electrons. The van der Waals surface area contributed by atoms with Gasteiger partial charge in [-0.1, -0.05) is 15.9 Å². The van der Waals surface area contributed by atoms with Crippen molar-refractivity contribution >= 4 is 21.7 Å². The average molecular weight is 325 g/mol. The molecule has 1 aromatic carbocycles. The number of ketones is 1. The Morgan fingerprint density at radius 1 is 1.39 bits per heavy atom. The topological polar surface area (TPSA) is 26.3 Å². The van der Waals surface area contributed by atoms with E-state index in [0.29, 0.717) is 15.8 Å². The van der Waals surface area contributed by atoms with Crippen LogP contribution in [0.5, 0.6) is 5.75 Å².